The van der Waals surface area contributed by atoms with Gasteiger partial charge in [-0.05, 0) is 36.2 Å². The van der Waals surface area contributed by atoms with E-state index < -0.39 is 5.91 Å². The van der Waals surface area contributed by atoms with Crippen LogP contribution in [-0.2, 0) is 19.3 Å². The SMILES string of the molecule is NC(=O)c1c(CCc2ccco2)n[nH]c1Cc1cccc(Cl)c1. The average molecular weight is 330 g/mol. The summed E-state index contributed by atoms with van der Waals surface area (Å²) >= 11 is 6.00. The first-order valence-electron chi connectivity index (χ1n) is 7.26. The standard InChI is InChI=1S/C17H16ClN3O2/c18-12-4-1-3-11(9-12)10-15-16(17(19)22)14(20-21-15)7-6-13-5-2-8-23-13/h1-5,8-9H,6-7,10H2,(H2,19,22)(H,20,21). The molecule has 3 aromatic rings. The first-order valence-corrected chi connectivity index (χ1v) is 7.64. The van der Waals surface area contributed by atoms with Gasteiger partial charge in [0.15, 0.2) is 0 Å². The van der Waals surface area contributed by atoms with Gasteiger partial charge in [0, 0.05) is 17.9 Å². The maximum absolute atomic E-state index is 11.8. The summed E-state index contributed by atoms with van der Waals surface area (Å²) in [5, 5.41) is 7.84. The Balaban J connectivity index is 1.82. The highest BCUT2D eigenvalue weighted by Gasteiger charge is 2.18. The van der Waals surface area contributed by atoms with Crippen molar-refractivity contribution in [1.82, 2.24) is 10.2 Å². The number of nitrogens with zero attached hydrogens (tertiary/aromatic N) is 1. The number of aryl methyl sites for hydroxylation is 2. The monoisotopic (exact) mass is 329 g/mol. The molecule has 2 heterocycles. The molecular weight excluding hydrogens is 314 g/mol. The predicted molar refractivity (Wildman–Crippen MR) is 87.5 cm³/mol. The van der Waals surface area contributed by atoms with Crippen LogP contribution in [0.25, 0.3) is 0 Å². The lowest BCUT2D eigenvalue weighted by molar-refractivity contribution is 0.0998. The van der Waals surface area contributed by atoms with Crippen LogP contribution in [0.2, 0.25) is 5.02 Å². The van der Waals surface area contributed by atoms with E-state index in [1.165, 1.54) is 0 Å². The molecule has 0 aliphatic rings. The molecule has 23 heavy (non-hydrogen) atoms. The first kappa shape index (κ1) is 15.4. The third-order valence-electron chi connectivity index (χ3n) is 3.62. The molecule has 118 valence electrons. The van der Waals surface area contributed by atoms with E-state index in [9.17, 15) is 4.79 Å². The van der Waals surface area contributed by atoms with Crippen molar-refractivity contribution in [3.63, 3.8) is 0 Å². The zero-order chi connectivity index (χ0) is 16.2. The minimum absolute atomic E-state index is 0.455. The lowest BCUT2D eigenvalue weighted by Crippen LogP contribution is -2.15. The number of H-pyrrole nitrogens is 1. The molecule has 3 N–H and O–H groups in total. The van der Waals surface area contributed by atoms with Crippen LogP contribution >= 0.6 is 11.6 Å². The first-order chi connectivity index (χ1) is 11.1. The number of aromatic nitrogens is 2. The quantitative estimate of drug-likeness (QED) is 0.728. The van der Waals surface area contributed by atoms with Gasteiger partial charge in [0.1, 0.15) is 5.76 Å². The Morgan fingerprint density at radius 2 is 2.13 bits per heavy atom. The van der Waals surface area contributed by atoms with E-state index in [1.54, 1.807) is 6.26 Å². The maximum atomic E-state index is 11.8. The van der Waals surface area contributed by atoms with Gasteiger partial charge < -0.3 is 10.2 Å². The van der Waals surface area contributed by atoms with Crippen molar-refractivity contribution in [2.75, 3.05) is 0 Å². The van der Waals surface area contributed by atoms with Crippen LogP contribution in [0, 0.1) is 0 Å². The summed E-state index contributed by atoms with van der Waals surface area (Å²) in [7, 11) is 0. The van der Waals surface area contributed by atoms with E-state index >= 15 is 0 Å². The molecule has 1 amide bonds. The van der Waals surface area contributed by atoms with Crippen LogP contribution in [0.4, 0.5) is 0 Å². The summed E-state index contributed by atoms with van der Waals surface area (Å²) in [6.07, 6.45) is 3.39. The summed E-state index contributed by atoms with van der Waals surface area (Å²) in [6, 6.07) is 11.2. The average Bonchev–Trinajstić information content (AvgIpc) is 3.14. The van der Waals surface area contributed by atoms with Gasteiger partial charge in [-0.25, -0.2) is 0 Å². The van der Waals surface area contributed by atoms with Gasteiger partial charge >= 0.3 is 0 Å². The van der Waals surface area contributed by atoms with Crippen LogP contribution in [0.3, 0.4) is 0 Å². The number of nitrogens with one attached hydrogen (secondary N) is 1. The zero-order valence-corrected chi connectivity index (χ0v) is 13.1. The fourth-order valence-corrected chi connectivity index (χ4v) is 2.78. The molecule has 0 radical (unpaired) electrons. The molecule has 3 rings (SSSR count). The number of furan rings is 1. The van der Waals surface area contributed by atoms with Crippen molar-refractivity contribution in [1.29, 1.82) is 0 Å². The molecule has 0 atom stereocenters. The van der Waals surface area contributed by atoms with E-state index in [2.05, 4.69) is 10.2 Å². The Labute approximate surface area is 138 Å². The van der Waals surface area contributed by atoms with Crippen LogP contribution in [0.15, 0.2) is 47.1 Å². The number of carbonyl (C=O) groups excluding carboxylic acids is 1. The summed E-state index contributed by atoms with van der Waals surface area (Å²) in [5.41, 5.74) is 8.35. The molecule has 0 saturated carbocycles. The topological polar surface area (TPSA) is 84.9 Å². The zero-order valence-electron chi connectivity index (χ0n) is 12.4. The molecule has 0 saturated heterocycles. The third-order valence-corrected chi connectivity index (χ3v) is 3.86. The van der Waals surface area contributed by atoms with Gasteiger partial charge in [-0.15, -0.1) is 0 Å². The number of hydrogen-bond donors (Lipinski definition) is 2. The van der Waals surface area contributed by atoms with Crippen LogP contribution in [0.1, 0.15) is 33.1 Å². The second-order valence-corrected chi connectivity index (χ2v) is 5.71. The molecule has 0 unspecified atom stereocenters. The van der Waals surface area contributed by atoms with E-state index in [0.717, 1.165) is 11.3 Å². The number of nitrogens with two attached hydrogens (primary N) is 1. The Hall–Kier alpha value is -2.53. The number of aromatic amines is 1. The van der Waals surface area contributed by atoms with Gasteiger partial charge in [0.2, 0.25) is 0 Å². The molecular formula is C17H16ClN3O2. The smallest absolute Gasteiger partial charge is 0.252 e. The summed E-state index contributed by atoms with van der Waals surface area (Å²) in [5.74, 6) is 0.366. The van der Waals surface area contributed by atoms with E-state index in [4.69, 9.17) is 21.8 Å². The molecule has 0 fully saturated rings. The highest BCUT2D eigenvalue weighted by atomic mass is 35.5. The molecule has 0 spiro atoms. The van der Waals surface area contributed by atoms with Crippen molar-refractivity contribution in [2.24, 2.45) is 5.73 Å². The second kappa shape index (κ2) is 6.71. The second-order valence-electron chi connectivity index (χ2n) is 5.27. The van der Waals surface area contributed by atoms with Crippen LogP contribution in [-0.4, -0.2) is 16.1 Å². The molecule has 0 aliphatic carbocycles. The van der Waals surface area contributed by atoms with Gasteiger partial charge in [0.25, 0.3) is 5.91 Å². The number of carbonyl (C=O) groups is 1. The number of amides is 1. The summed E-state index contributed by atoms with van der Waals surface area (Å²) < 4.78 is 5.30. The highest BCUT2D eigenvalue weighted by molar-refractivity contribution is 6.30. The summed E-state index contributed by atoms with van der Waals surface area (Å²) in [6.45, 7) is 0. The minimum atomic E-state index is -0.481. The van der Waals surface area contributed by atoms with Gasteiger partial charge in [-0.2, -0.15) is 5.10 Å². The Morgan fingerprint density at radius 1 is 1.26 bits per heavy atom. The molecule has 2 aromatic heterocycles. The van der Waals surface area contributed by atoms with Crippen LogP contribution in [0.5, 0.6) is 0 Å². The van der Waals surface area contributed by atoms with Crippen molar-refractivity contribution in [2.45, 2.75) is 19.3 Å². The number of primary amides is 1. The predicted octanol–water partition coefficient (Wildman–Crippen LogP) is 3.13. The summed E-state index contributed by atoms with van der Waals surface area (Å²) in [4.78, 5) is 11.8. The Bertz CT molecular complexity index is 809. The van der Waals surface area contributed by atoms with Crippen molar-refractivity contribution in [3.8, 4) is 0 Å². The third kappa shape index (κ3) is 3.63. The minimum Gasteiger partial charge on any atom is -0.469 e. The molecule has 1 aromatic carbocycles. The number of halogens is 1. The van der Waals surface area contributed by atoms with E-state index in [0.29, 0.717) is 41.2 Å². The van der Waals surface area contributed by atoms with Gasteiger partial charge in [-0.3, -0.25) is 9.89 Å². The van der Waals surface area contributed by atoms with Crippen LogP contribution < -0.4 is 5.73 Å². The normalized spacial score (nSPS) is 10.8. The molecule has 6 heteroatoms. The Morgan fingerprint density at radius 3 is 2.83 bits per heavy atom. The number of benzene rings is 1. The van der Waals surface area contributed by atoms with Crippen molar-refractivity contribution in [3.05, 3.63) is 76.0 Å². The van der Waals surface area contributed by atoms with Crippen molar-refractivity contribution < 1.29 is 9.21 Å². The fraction of sp³-hybridized carbons (Fsp3) is 0.176. The Kier molecular flexibility index (Phi) is 4.48. The number of hydrogen-bond acceptors (Lipinski definition) is 3. The van der Waals surface area contributed by atoms with E-state index in [1.807, 2.05) is 36.4 Å². The van der Waals surface area contributed by atoms with E-state index in [-0.39, 0.29) is 0 Å². The lowest BCUT2D eigenvalue weighted by atomic mass is 10.0. The van der Waals surface area contributed by atoms with Gasteiger partial charge in [0.05, 0.1) is 23.2 Å². The highest BCUT2D eigenvalue weighted by Crippen LogP contribution is 2.19. The van der Waals surface area contributed by atoms with Gasteiger partial charge in [-0.1, -0.05) is 23.7 Å². The molecule has 0 aliphatic heterocycles. The number of rotatable bonds is 6. The fourth-order valence-electron chi connectivity index (χ4n) is 2.57. The van der Waals surface area contributed by atoms with Crippen molar-refractivity contribution >= 4 is 17.5 Å². The lowest BCUT2D eigenvalue weighted by Gasteiger charge is -2.03. The molecule has 0 bridgehead atoms. The molecule has 5 nitrogen and oxygen atoms in total. The largest absolute Gasteiger partial charge is 0.469 e. The maximum Gasteiger partial charge on any atom is 0.252 e.